The number of aromatic amines is 1. The van der Waals surface area contributed by atoms with Crippen LogP contribution in [0.2, 0.25) is 0 Å². The van der Waals surface area contributed by atoms with Crippen molar-refractivity contribution in [2.75, 3.05) is 26.2 Å². The van der Waals surface area contributed by atoms with Gasteiger partial charge in [-0.2, -0.15) is 0 Å². The van der Waals surface area contributed by atoms with Crippen LogP contribution < -0.4 is 0 Å². The number of carbonyl (C=O) groups is 2. The smallest absolute Gasteiger partial charge is 0.232 e. The molecule has 1 aliphatic heterocycles. The number of hydrogen-bond donors (Lipinski definition) is 1. The Balaban J connectivity index is 1.37. The van der Waals surface area contributed by atoms with Gasteiger partial charge in [-0.3, -0.25) is 9.59 Å². The Labute approximate surface area is 170 Å². The van der Waals surface area contributed by atoms with Crippen LogP contribution in [0.1, 0.15) is 25.0 Å². The van der Waals surface area contributed by atoms with Gasteiger partial charge in [0.1, 0.15) is 5.65 Å². The molecule has 2 aromatic heterocycles. The molecule has 3 heterocycles. The lowest BCUT2D eigenvalue weighted by molar-refractivity contribution is -0.142. The van der Waals surface area contributed by atoms with Gasteiger partial charge in [0.2, 0.25) is 11.8 Å². The van der Waals surface area contributed by atoms with Gasteiger partial charge in [-0.05, 0) is 37.1 Å². The molecule has 6 heteroatoms. The van der Waals surface area contributed by atoms with Gasteiger partial charge in [-0.25, -0.2) is 4.98 Å². The molecule has 0 aliphatic carbocycles. The highest BCUT2D eigenvalue weighted by molar-refractivity contribution is 5.89. The quantitative estimate of drug-likeness (QED) is 0.745. The molecule has 1 aliphatic rings. The third-order valence-electron chi connectivity index (χ3n) is 5.83. The van der Waals surface area contributed by atoms with Crippen molar-refractivity contribution in [2.24, 2.45) is 0 Å². The zero-order chi connectivity index (χ0) is 20.4. The van der Waals surface area contributed by atoms with E-state index in [9.17, 15) is 9.59 Å². The Morgan fingerprint density at radius 3 is 2.41 bits per heavy atom. The fraction of sp³-hybridized carbons (Fsp3) is 0.348. The van der Waals surface area contributed by atoms with Crippen LogP contribution in [0.15, 0.2) is 54.9 Å². The maximum Gasteiger partial charge on any atom is 0.232 e. The highest BCUT2D eigenvalue weighted by Crippen LogP contribution is 2.26. The number of fused-ring (bicyclic) bond motifs is 1. The molecule has 6 nitrogen and oxygen atoms in total. The van der Waals surface area contributed by atoms with Crippen LogP contribution >= 0.6 is 0 Å². The van der Waals surface area contributed by atoms with E-state index in [-0.39, 0.29) is 11.8 Å². The molecular weight excluding hydrogens is 364 g/mol. The Kier molecular flexibility index (Phi) is 5.09. The van der Waals surface area contributed by atoms with Crippen molar-refractivity contribution >= 4 is 22.8 Å². The average Bonchev–Trinajstić information content (AvgIpc) is 3.17. The second kappa shape index (κ2) is 7.70. The van der Waals surface area contributed by atoms with Crippen LogP contribution in [0.4, 0.5) is 0 Å². The van der Waals surface area contributed by atoms with Crippen LogP contribution in [0.5, 0.6) is 0 Å². The molecular formula is C23H26N4O2. The number of nitrogens with one attached hydrogen (secondary N) is 1. The highest BCUT2D eigenvalue weighted by atomic mass is 16.2. The number of aromatic nitrogens is 2. The third kappa shape index (κ3) is 3.75. The summed E-state index contributed by atoms with van der Waals surface area (Å²) < 4.78 is 0. The molecule has 3 aromatic rings. The van der Waals surface area contributed by atoms with Gasteiger partial charge in [0.25, 0.3) is 0 Å². The van der Waals surface area contributed by atoms with Crippen LogP contribution in [0.3, 0.4) is 0 Å². The zero-order valence-electron chi connectivity index (χ0n) is 16.9. The number of piperazine rings is 1. The summed E-state index contributed by atoms with van der Waals surface area (Å²) in [5, 5.41) is 0.985. The molecule has 0 atom stereocenters. The maximum absolute atomic E-state index is 13.1. The van der Waals surface area contributed by atoms with Gasteiger partial charge < -0.3 is 14.8 Å². The SMILES string of the molecule is CC(C)(C(=O)N1CCN(C(=O)Cc2c[nH]c3ncccc23)CC1)c1ccccc1. The van der Waals surface area contributed by atoms with Crippen molar-refractivity contribution in [3.63, 3.8) is 0 Å². The summed E-state index contributed by atoms with van der Waals surface area (Å²) in [5.74, 6) is 0.197. The van der Waals surface area contributed by atoms with Crippen molar-refractivity contribution in [3.8, 4) is 0 Å². The van der Waals surface area contributed by atoms with E-state index in [2.05, 4.69) is 9.97 Å². The van der Waals surface area contributed by atoms with Gasteiger partial charge in [0, 0.05) is 44.0 Å². The lowest BCUT2D eigenvalue weighted by Gasteiger charge is -2.38. The first kappa shape index (κ1) is 19.2. The average molecular weight is 390 g/mol. The Morgan fingerprint density at radius 1 is 1.00 bits per heavy atom. The summed E-state index contributed by atoms with van der Waals surface area (Å²) in [6, 6.07) is 13.7. The number of pyridine rings is 1. The first-order chi connectivity index (χ1) is 14.0. The Bertz CT molecular complexity index is 1020. The minimum atomic E-state index is -0.579. The van der Waals surface area contributed by atoms with Gasteiger partial charge in [-0.15, -0.1) is 0 Å². The molecule has 29 heavy (non-hydrogen) atoms. The van der Waals surface area contributed by atoms with Crippen LogP contribution in [-0.2, 0) is 21.4 Å². The molecule has 1 saturated heterocycles. The number of nitrogens with zero attached hydrogens (tertiary/aromatic N) is 3. The summed E-state index contributed by atoms with van der Waals surface area (Å²) >= 11 is 0. The van der Waals surface area contributed by atoms with Crippen LogP contribution in [0.25, 0.3) is 11.0 Å². The minimum absolute atomic E-state index is 0.0872. The molecule has 4 rings (SSSR count). The number of hydrogen-bond acceptors (Lipinski definition) is 3. The molecule has 150 valence electrons. The van der Waals surface area contributed by atoms with Gasteiger partial charge in [0.05, 0.1) is 11.8 Å². The molecule has 0 bridgehead atoms. The largest absolute Gasteiger partial charge is 0.346 e. The first-order valence-corrected chi connectivity index (χ1v) is 10.0. The van der Waals surface area contributed by atoms with Gasteiger partial charge >= 0.3 is 0 Å². The number of rotatable bonds is 4. The van der Waals surface area contributed by atoms with E-state index < -0.39 is 5.41 Å². The predicted molar refractivity (Wildman–Crippen MR) is 112 cm³/mol. The van der Waals surface area contributed by atoms with Crippen LogP contribution in [-0.4, -0.2) is 57.8 Å². The molecule has 0 radical (unpaired) electrons. The molecule has 2 amide bonds. The van der Waals surface area contributed by atoms with Crippen molar-refractivity contribution < 1.29 is 9.59 Å². The van der Waals surface area contributed by atoms with Crippen molar-refractivity contribution in [3.05, 3.63) is 66.0 Å². The van der Waals surface area contributed by atoms with Gasteiger partial charge in [-0.1, -0.05) is 30.3 Å². The topological polar surface area (TPSA) is 69.3 Å². The Hall–Kier alpha value is -3.15. The van der Waals surface area contributed by atoms with E-state index in [1.165, 1.54) is 0 Å². The monoisotopic (exact) mass is 390 g/mol. The van der Waals surface area contributed by atoms with E-state index in [1.807, 2.05) is 72.3 Å². The molecule has 0 unspecified atom stereocenters. The number of benzene rings is 1. The first-order valence-electron chi connectivity index (χ1n) is 10.0. The predicted octanol–water partition coefficient (Wildman–Crippen LogP) is 2.75. The molecule has 1 N–H and O–H groups in total. The summed E-state index contributed by atoms with van der Waals surface area (Å²) in [7, 11) is 0. The van der Waals surface area contributed by atoms with E-state index in [0.29, 0.717) is 32.6 Å². The summed E-state index contributed by atoms with van der Waals surface area (Å²) in [6.07, 6.45) is 3.93. The van der Waals surface area contributed by atoms with Crippen molar-refractivity contribution in [1.29, 1.82) is 0 Å². The fourth-order valence-corrected chi connectivity index (χ4v) is 3.97. The third-order valence-corrected chi connectivity index (χ3v) is 5.83. The number of amides is 2. The Morgan fingerprint density at radius 2 is 1.69 bits per heavy atom. The van der Waals surface area contributed by atoms with E-state index in [1.54, 1.807) is 6.20 Å². The lowest BCUT2D eigenvalue weighted by Crippen LogP contribution is -2.54. The van der Waals surface area contributed by atoms with Gasteiger partial charge in [0.15, 0.2) is 0 Å². The standard InChI is InChI=1S/C23H26N4O2/c1-23(2,18-7-4-3-5-8-18)22(29)27-13-11-26(12-14-27)20(28)15-17-16-25-21-19(17)9-6-10-24-21/h3-10,16H,11-15H2,1-2H3,(H,24,25). The number of carbonyl (C=O) groups excluding carboxylic acids is 2. The lowest BCUT2D eigenvalue weighted by atomic mass is 9.83. The second-order valence-electron chi connectivity index (χ2n) is 8.05. The normalized spacial score (nSPS) is 15.0. The fourth-order valence-electron chi connectivity index (χ4n) is 3.97. The van der Waals surface area contributed by atoms with E-state index >= 15 is 0 Å². The maximum atomic E-state index is 13.1. The minimum Gasteiger partial charge on any atom is -0.346 e. The zero-order valence-corrected chi connectivity index (χ0v) is 16.9. The molecule has 1 aromatic carbocycles. The molecule has 1 fully saturated rings. The van der Waals surface area contributed by atoms with E-state index in [0.717, 1.165) is 22.2 Å². The molecule has 0 spiro atoms. The van der Waals surface area contributed by atoms with E-state index in [4.69, 9.17) is 0 Å². The highest BCUT2D eigenvalue weighted by Gasteiger charge is 2.35. The second-order valence-corrected chi connectivity index (χ2v) is 8.05. The summed E-state index contributed by atoms with van der Waals surface area (Å²) in [5.41, 5.74) is 2.19. The number of H-pyrrole nitrogens is 1. The summed E-state index contributed by atoms with van der Waals surface area (Å²) in [4.78, 5) is 37.0. The van der Waals surface area contributed by atoms with Crippen molar-refractivity contribution in [2.45, 2.75) is 25.7 Å². The van der Waals surface area contributed by atoms with Crippen LogP contribution in [0, 0.1) is 0 Å². The molecule has 0 saturated carbocycles. The summed E-state index contributed by atoms with van der Waals surface area (Å²) in [6.45, 7) is 6.19. The van der Waals surface area contributed by atoms with Crippen molar-refractivity contribution in [1.82, 2.24) is 19.8 Å².